The van der Waals surface area contributed by atoms with E-state index in [4.69, 9.17) is 0 Å². The minimum Gasteiger partial charge on any atom is -0.478 e. The molecule has 2 aliphatic rings. The van der Waals surface area contributed by atoms with Gasteiger partial charge in [-0.1, -0.05) is 24.3 Å². The van der Waals surface area contributed by atoms with Crippen LogP contribution < -0.4 is 5.56 Å². The molecule has 6 heteroatoms. The van der Waals surface area contributed by atoms with Gasteiger partial charge in [0.15, 0.2) is 0 Å². The summed E-state index contributed by atoms with van der Waals surface area (Å²) < 4.78 is 1.83. The van der Waals surface area contributed by atoms with Crippen LogP contribution in [0.15, 0.2) is 47.3 Å². The van der Waals surface area contributed by atoms with Gasteiger partial charge in [0.25, 0.3) is 5.56 Å². The van der Waals surface area contributed by atoms with Gasteiger partial charge in [-0.3, -0.25) is 9.59 Å². The van der Waals surface area contributed by atoms with E-state index in [-0.39, 0.29) is 35.3 Å². The molecule has 0 aliphatic carbocycles. The fraction of sp³-hybridized carbons (Fsp3) is 0.350. The van der Waals surface area contributed by atoms with Crippen molar-refractivity contribution in [3.8, 4) is 0 Å². The molecule has 6 nitrogen and oxygen atoms in total. The van der Waals surface area contributed by atoms with Gasteiger partial charge in [0.2, 0.25) is 5.91 Å². The summed E-state index contributed by atoms with van der Waals surface area (Å²) in [6, 6.07) is 12.0. The Labute approximate surface area is 150 Å². The third-order valence-electron chi connectivity index (χ3n) is 5.42. The molecule has 3 heterocycles. The Kier molecular flexibility index (Phi) is 4.11. The summed E-state index contributed by atoms with van der Waals surface area (Å²) in [6.07, 6.45) is 1.07. The van der Waals surface area contributed by atoms with Crippen LogP contribution in [0.1, 0.15) is 34.0 Å². The van der Waals surface area contributed by atoms with Gasteiger partial charge < -0.3 is 14.6 Å². The van der Waals surface area contributed by atoms with Crippen LogP contribution in [0.5, 0.6) is 0 Å². The fourth-order valence-electron chi connectivity index (χ4n) is 4.26. The lowest BCUT2D eigenvalue weighted by molar-refractivity contribution is -0.133. The van der Waals surface area contributed by atoms with E-state index in [1.165, 1.54) is 6.07 Å². The lowest BCUT2D eigenvalue weighted by Crippen LogP contribution is -2.49. The zero-order valence-corrected chi connectivity index (χ0v) is 14.3. The number of aromatic nitrogens is 1. The number of likely N-dealkylation sites (tertiary alicyclic amines) is 1. The van der Waals surface area contributed by atoms with E-state index in [1.54, 1.807) is 30.3 Å². The first-order valence-corrected chi connectivity index (χ1v) is 8.81. The minimum atomic E-state index is -1.02. The van der Waals surface area contributed by atoms with Gasteiger partial charge in [-0.25, -0.2) is 4.79 Å². The Balaban J connectivity index is 1.55. The van der Waals surface area contributed by atoms with E-state index in [0.29, 0.717) is 25.2 Å². The molecule has 1 N–H and O–H groups in total. The van der Waals surface area contributed by atoms with E-state index in [2.05, 4.69) is 0 Å². The van der Waals surface area contributed by atoms with E-state index in [0.717, 1.165) is 12.1 Å². The van der Waals surface area contributed by atoms with Gasteiger partial charge >= 0.3 is 5.97 Å². The highest BCUT2D eigenvalue weighted by Gasteiger charge is 2.36. The lowest BCUT2D eigenvalue weighted by Gasteiger charge is -2.42. The Morgan fingerprint density at radius 1 is 1.04 bits per heavy atom. The Morgan fingerprint density at radius 3 is 2.65 bits per heavy atom. The molecule has 0 spiro atoms. The number of carboxylic acids is 1. The first-order chi connectivity index (χ1) is 12.5. The van der Waals surface area contributed by atoms with Crippen molar-refractivity contribution in [3.63, 3.8) is 0 Å². The van der Waals surface area contributed by atoms with Crippen LogP contribution >= 0.6 is 0 Å². The van der Waals surface area contributed by atoms with Gasteiger partial charge in [0.05, 0.1) is 12.0 Å². The van der Waals surface area contributed by atoms with Crippen LogP contribution in [-0.4, -0.2) is 39.5 Å². The van der Waals surface area contributed by atoms with Crippen molar-refractivity contribution in [3.05, 3.63) is 69.6 Å². The van der Waals surface area contributed by atoms with Crippen LogP contribution in [0.25, 0.3) is 0 Å². The number of hydrogen-bond acceptors (Lipinski definition) is 3. The van der Waals surface area contributed by atoms with Crippen molar-refractivity contribution in [1.29, 1.82) is 0 Å². The number of fused-ring (bicyclic) bond motifs is 4. The lowest BCUT2D eigenvalue weighted by atomic mass is 9.83. The highest BCUT2D eigenvalue weighted by Crippen LogP contribution is 2.35. The Morgan fingerprint density at radius 2 is 1.85 bits per heavy atom. The molecule has 2 aliphatic heterocycles. The topological polar surface area (TPSA) is 79.6 Å². The standard InChI is InChI=1S/C20H20N2O4/c23-18-7-3-6-17-15-8-13(11-22(17)18)10-21(12-15)19(24)9-14-4-1-2-5-16(14)20(25)26/h1-7,13,15H,8-12H2,(H,25,26). The maximum absolute atomic E-state index is 12.8. The van der Waals surface area contributed by atoms with Crippen LogP contribution in [0.3, 0.4) is 0 Å². The quantitative estimate of drug-likeness (QED) is 0.912. The molecule has 1 aromatic heterocycles. The molecule has 1 saturated heterocycles. The first kappa shape index (κ1) is 16.6. The Bertz CT molecular complexity index is 933. The van der Waals surface area contributed by atoms with E-state index >= 15 is 0 Å². The largest absolute Gasteiger partial charge is 0.478 e. The van der Waals surface area contributed by atoms with Crippen molar-refractivity contribution in [2.75, 3.05) is 13.1 Å². The summed E-state index contributed by atoms with van der Waals surface area (Å²) in [5.41, 5.74) is 1.73. The third-order valence-corrected chi connectivity index (χ3v) is 5.42. The number of aromatic carboxylic acids is 1. The molecule has 26 heavy (non-hydrogen) atoms. The van der Waals surface area contributed by atoms with Crippen molar-refractivity contribution >= 4 is 11.9 Å². The Hall–Kier alpha value is -2.89. The summed E-state index contributed by atoms with van der Waals surface area (Å²) in [7, 11) is 0. The maximum atomic E-state index is 12.8. The molecule has 2 atom stereocenters. The average Bonchev–Trinajstić information content (AvgIpc) is 2.63. The molecule has 0 radical (unpaired) electrons. The molecule has 134 valence electrons. The number of nitrogens with zero attached hydrogens (tertiary/aromatic N) is 2. The molecule has 4 rings (SSSR count). The number of carbonyl (C=O) groups is 2. The second-order valence-electron chi connectivity index (χ2n) is 7.14. The summed E-state index contributed by atoms with van der Waals surface area (Å²) >= 11 is 0. The molecular formula is C20H20N2O4. The fourth-order valence-corrected chi connectivity index (χ4v) is 4.26. The van der Waals surface area contributed by atoms with Gasteiger partial charge in [0.1, 0.15) is 0 Å². The summed E-state index contributed by atoms with van der Waals surface area (Å²) in [5.74, 6) is -0.646. The summed E-state index contributed by atoms with van der Waals surface area (Å²) in [4.78, 5) is 38.1. The van der Waals surface area contributed by atoms with Crippen molar-refractivity contribution < 1.29 is 14.7 Å². The van der Waals surface area contributed by atoms with Gasteiger partial charge in [-0.2, -0.15) is 0 Å². The number of benzene rings is 1. The second-order valence-corrected chi connectivity index (χ2v) is 7.14. The van der Waals surface area contributed by atoms with Crippen molar-refractivity contribution in [1.82, 2.24) is 9.47 Å². The van der Waals surface area contributed by atoms with Crippen LogP contribution in [0.2, 0.25) is 0 Å². The van der Waals surface area contributed by atoms with E-state index < -0.39 is 5.97 Å². The molecule has 1 fully saturated rings. The smallest absolute Gasteiger partial charge is 0.335 e. The highest BCUT2D eigenvalue weighted by atomic mass is 16.4. The minimum absolute atomic E-state index is 0.0207. The number of carbonyl (C=O) groups excluding carboxylic acids is 1. The van der Waals surface area contributed by atoms with Gasteiger partial charge in [-0.15, -0.1) is 0 Å². The molecule has 2 aromatic rings. The maximum Gasteiger partial charge on any atom is 0.335 e. The number of pyridine rings is 1. The second kappa shape index (κ2) is 6.44. The molecule has 2 unspecified atom stereocenters. The zero-order valence-electron chi connectivity index (χ0n) is 14.3. The average molecular weight is 352 g/mol. The van der Waals surface area contributed by atoms with Crippen molar-refractivity contribution in [2.24, 2.45) is 5.92 Å². The van der Waals surface area contributed by atoms with Gasteiger partial charge in [-0.05, 0) is 30.0 Å². The number of piperidine rings is 1. The molecular weight excluding hydrogens is 332 g/mol. The normalized spacial score (nSPS) is 21.2. The number of amides is 1. The molecule has 1 amide bonds. The number of carboxylic acid groups (broad SMARTS) is 1. The van der Waals surface area contributed by atoms with E-state index in [1.807, 2.05) is 15.5 Å². The highest BCUT2D eigenvalue weighted by molar-refractivity contribution is 5.91. The number of hydrogen-bond donors (Lipinski definition) is 1. The molecule has 0 saturated carbocycles. The third kappa shape index (κ3) is 2.92. The van der Waals surface area contributed by atoms with Crippen molar-refractivity contribution in [2.45, 2.75) is 25.3 Å². The predicted octanol–water partition coefficient (Wildman–Crippen LogP) is 1.73. The van der Waals surface area contributed by atoms with Crippen LogP contribution in [0.4, 0.5) is 0 Å². The zero-order chi connectivity index (χ0) is 18.3. The van der Waals surface area contributed by atoms with Gasteiger partial charge in [0, 0.05) is 37.3 Å². The van der Waals surface area contributed by atoms with Crippen LogP contribution in [-0.2, 0) is 17.8 Å². The summed E-state index contributed by atoms with van der Waals surface area (Å²) in [6.45, 7) is 1.83. The number of rotatable bonds is 3. The molecule has 2 bridgehead atoms. The SMILES string of the molecule is O=C(O)c1ccccc1CC(=O)N1CC2CC(C1)c1cccc(=O)n1C2. The monoisotopic (exact) mass is 352 g/mol. The van der Waals surface area contributed by atoms with Crippen LogP contribution in [0, 0.1) is 5.92 Å². The van der Waals surface area contributed by atoms with E-state index in [9.17, 15) is 19.5 Å². The molecule has 1 aromatic carbocycles. The predicted molar refractivity (Wildman–Crippen MR) is 95.2 cm³/mol. The first-order valence-electron chi connectivity index (χ1n) is 8.81. The summed E-state index contributed by atoms with van der Waals surface area (Å²) in [5, 5.41) is 9.30.